The number of hydrogen-bond acceptors (Lipinski definition) is 6. The Balaban J connectivity index is 1.74. The van der Waals surface area contributed by atoms with Gasteiger partial charge >= 0.3 is 0 Å². The van der Waals surface area contributed by atoms with E-state index in [-0.39, 0.29) is 16.7 Å². The number of nitrogens with two attached hydrogens (primary N) is 1. The van der Waals surface area contributed by atoms with Crippen LogP contribution in [0.5, 0.6) is 0 Å². The molecule has 0 saturated heterocycles. The van der Waals surface area contributed by atoms with E-state index in [4.69, 9.17) is 9.66 Å². The molecule has 3 N–H and O–H groups in total. The molecule has 0 aliphatic rings. The van der Waals surface area contributed by atoms with Crippen LogP contribution in [0, 0.1) is 6.92 Å². The maximum Gasteiger partial charge on any atom is 0.259 e. The minimum Gasteiger partial charge on any atom is -0.352 e. The lowest BCUT2D eigenvalue weighted by atomic mass is 10.0. The number of fused-ring (bicyclic) bond motifs is 1. The molecule has 28 heavy (non-hydrogen) atoms. The van der Waals surface area contributed by atoms with Crippen LogP contribution >= 0.6 is 0 Å². The Morgan fingerprint density at radius 3 is 2.54 bits per heavy atom. The fraction of sp³-hybridized carbons (Fsp3) is 0.316. The molecular formula is C19H22N4O4S. The number of rotatable bonds is 6. The molecule has 0 radical (unpaired) electrons. The third-order valence-corrected chi connectivity index (χ3v) is 5.35. The molecule has 2 aromatic heterocycles. The highest BCUT2D eigenvalue weighted by Gasteiger charge is 2.19. The lowest BCUT2D eigenvalue weighted by Gasteiger charge is -2.10. The average Bonchev–Trinajstić information content (AvgIpc) is 3.01. The normalized spacial score (nSPS) is 11.9. The highest BCUT2D eigenvalue weighted by atomic mass is 32.2. The van der Waals surface area contributed by atoms with Crippen molar-refractivity contribution in [1.29, 1.82) is 0 Å². The quantitative estimate of drug-likeness (QED) is 0.651. The van der Waals surface area contributed by atoms with Gasteiger partial charge in [0, 0.05) is 12.2 Å². The first-order valence-corrected chi connectivity index (χ1v) is 10.4. The van der Waals surface area contributed by atoms with Gasteiger partial charge in [0.25, 0.3) is 11.6 Å². The molecule has 2 heterocycles. The molecule has 1 aromatic carbocycles. The molecule has 0 aliphatic heterocycles. The van der Waals surface area contributed by atoms with Crippen LogP contribution in [0.4, 0.5) is 0 Å². The van der Waals surface area contributed by atoms with Gasteiger partial charge in [-0.25, -0.2) is 18.5 Å². The number of carbonyl (C=O) groups excluding carboxylic acids is 1. The van der Waals surface area contributed by atoms with Gasteiger partial charge in [-0.15, -0.1) is 0 Å². The number of carbonyl (C=O) groups is 1. The lowest BCUT2D eigenvalue weighted by Crippen LogP contribution is -2.26. The first-order valence-electron chi connectivity index (χ1n) is 8.83. The van der Waals surface area contributed by atoms with Gasteiger partial charge in [0.05, 0.1) is 21.5 Å². The average molecular weight is 402 g/mol. The smallest absolute Gasteiger partial charge is 0.259 e. The topological polar surface area (TPSA) is 128 Å². The van der Waals surface area contributed by atoms with Crippen LogP contribution in [-0.2, 0) is 16.4 Å². The van der Waals surface area contributed by atoms with E-state index >= 15 is 0 Å². The predicted octanol–water partition coefficient (Wildman–Crippen LogP) is 2.27. The summed E-state index contributed by atoms with van der Waals surface area (Å²) in [5.74, 6) is -0.0968. The number of nitrogens with zero attached hydrogens (tertiary/aromatic N) is 2. The number of aromatic nitrogens is 2. The summed E-state index contributed by atoms with van der Waals surface area (Å²) in [6, 6.07) is 8.03. The van der Waals surface area contributed by atoms with Gasteiger partial charge in [-0.2, -0.15) is 0 Å². The summed E-state index contributed by atoms with van der Waals surface area (Å²) < 4.78 is 27.8. The first kappa shape index (κ1) is 20.0. The Morgan fingerprint density at radius 1 is 1.25 bits per heavy atom. The third kappa shape index (κ3) is 4.20. The van der Waals surface area contributed by atoms with E-state index in [0.717, 1.165) is 11.3 Å². The molecular weight excluding hydrogens is 380 g/mol. The molecule has 0 bridgehead atoms. The predicted molar refractivity (Wildman–Crippen MR) is 104 cm³/mol. The van der Waals surface area contributed by atoms with Crippen LogP contribution < -0.4 is 10.5 Å². The first-order chi connectivity index (χ1) is 13.2. The van der Waals surface area contributed by atoms with Crippen LogP contribution in [0.1, 0.15) is 47.1 Å². The molecule has 0 spiro atoms. The Hall–Kier alpha value is -2.78. The number of aryl methyl sites for hydroxylation is 1. The summed E-state index contributed by atoms with van der Waals surface area (Å²) in [4.78, 5) is 17.2. The molecule has 0 aliphatic carbocycles. The van der Waals surface area contributed by atoms with Crippen LogP contribution in [0.3, 0.4) is 0 Å². The number of benzene rings is 1. The SMILES string of the molecule is Cc1noc2nc(C(C)C)cc(C(=O)NCCc3ccc(S(N)(=O)=O)cc3)c12. The highest BCUT2D eigenvalue weighted by molar-refractivity contribution is 7.89. The molecule has 3 rings (SSSR count). The van der Waals surface area contributed by atoms with E-state index in [1.54, 1.807) is 25.1 Å². The van der Waals surface area contributed by atoms with Gasteiger partial charge < -0.3 is 9.84 Å². The summed E-state index contributed by atoms with van der Waals surface area (Å²) in [5.41, 5.74) is 3.09. The van der Waals surface area contributed by atoms with Gasteiger partial charge in [-0.3, -0.25) is 4.79 Å². The maximum atomic E-state index is 12.8. The molecule has 1 amide bonds. The summed E-state index contributed by atoms with van der Waals surface area (Å²) >= 11 is 0. The van der Waals surface area contributed by atoms with E-state index in [9.17, 15) is 13.2 Å². The zero-order chi connectivity index (χ0) is 20.5. The van der Waals surface area contributed by atoms with Crippen molar-refractivity contribution in [1.82, 2.24) is 15.5 Å². The summed E-state index contributed by atoms with van der Waals surface area (Å²) in [6.07, 6.45) is 0.546. The van der Waals surface area contributed by atoms with Gasteiger partial charge in [-0.1, -0.05) is 31.1 Å². The molecule has 0 unspecified atom stereocenters. The Labute approximate surface area is 163 Å². The maximum absolute atomic E-state index is 12.8. The summed E-state index contributed by atoms with van der Waals surface area (Å²) in [5, 5.41) is 12.5. The lowest BCUT2D eigenvalue weighted by molar-refractivity contribution is 0.0955. The second-order valence-corrected chi connectivity index (χ2v) is 8.45. The fourth-order valence-electron chi connectivity index (χ4n) is 2.85. The van der Waals surface area contributed by atoms with Crippen molar-refractivity contribution < 1.29 is 17.7 Å². The van der Waals surface area contributed by atoms with Crippen molar-refractivity contribution in [3.63, 3.8) is 0 Å². The number of pyridine rings is 1. The van der Waals surface area contributed by atoms with Crippen molar-refractivity contribution >= 4 is 27.0 Å². The summed E-state index contributed by atoms with van der Waals surface area (Å²) in [7, 11) is -3.71. The summed E-state index contributed by atoms with van der Waals surface area (Å²) in [6.45, 7) is 6.14. The van der Waals surface area contributed by atoms with Gasteiger partial charge in [0.2, 0.25) is 10.0 Å². The Kier molecular flexibility index (Phi) is 5.48. The molecule has 0 atom stereocenters. The third-order valence-electron chi connectivity index (χ3n) is 4.42. The second-order valence-electron chi connectivity index (χ2n) is 6.89. The van der Waals surface area contributed by atoms with Crippen molar-refractivity contribution in [2.75, 3.05) is 6.54 Å². The van der Waals surface area contributed by atoms with Gasteiger partial charge in [0.1, 0.15) is 0 Å². The van der Waals surface area contributed by atoms with Crippen LogP contribution in [0.25, 0.3) is 11.1 Å². The molecule has 3 aromatic rings. The van der Waals surface area contributed by atoms with E-state index in [2.05, 4.69) is 15.5 Å². The highest BCUT2D eigenvalue weighted by Crippen LogP contribution is 2.25. The van der Waals surface area contributed by atoms with E-state index in [0.29, 0.717) is 35.3 Å². The largest absolute Gasteiger partial charge is 0.352 e. The minimum atomic E-state index is -3.71. The zero-order valence-corrected chi connectivity index (χ0v) is 16.7. The Morgan fingerprint density at radius 2 is 1.93 bits per heavy atom. The molecule has 148 valence electrons. The number of hydrogen-bond donors (Lipinski definition) is 2. The molecule has 9 heteroatoms. The van der Waals surface area contributed by atoms with Crippen LogP contribution in [0.2, 0.25) is 0 Å². The standard InChI is InChI=1S/C19H22N4O4S/c1-11(2)16-10-15(17-12(3)23-27-19(17)22-16)18(24)21-9-8-13-4-6-14(7-5-13)28(20,25)26/h4-7,10-11H,8-9H2,1-3H3,(H,21,24)(H2,20,25,26). The number of primary sulfonamides is 1. The van der Waals surface area contributed by atoms with Gasteiger partial charge in [0.15, 0.2) is 0 Å². The Bertz CT molecular complexity index is 1120. The van der Waals surface area contributed by atoms with Gasteiger partial charge in [-0.05, 0) is 43.0 Å². The van der Waals surface area contributed by atoms with E-state index in [1.807, 2.05) is 13.8 Å². The van der Waals surface area contributed by atoms with E-state index in [1.165, 1.54) is 12.1 Å². The minimum absolute atomic E-state index is 0.0589. The fourth-order valence-corrected chi connectivity index (χ4v) is 3.37. The van der Waals surface area contributed by atoms with Crippen molar-refractivity contribution in [2.45, 2.75) is 38.0 Å². The number of amides is 1. The molecule has 8 nitrogen and oxygen atoms in total. The molecule has 0 saturated carbocycles. The van der Waals surface area contributed by atoms with Crippen LogP contribution in [0.15, 0.2) is 39.8 Å². The monoisotopic (exact) mass is 402 g/mol. The number of sulfonamides is 1. The molecule has 0 fully saturated rings. The van der Waals surface area contributed by atoms with Crippen molar-refractivity contribution in [3.05, 3.63) is 52.8 Å². The van der Waals surface area contributed by atoms with Crippen molar-refractivity contribution in [2.24, 2.45) is 5.14 Å². The zero-order valence-electron chi connectivity index (χ0n) is 15.9. The number of nitrogens with one attached hydrogen (secondary N) is 1. The second kappa shape index (κ2) is 7.69. The van der Waals surface area contributed by atoms with E-state index < -0.39 is 10.0 Å². The van der Waals surface area contributed by atoms with Crippen molar-refractivity contribution in [3.8, 4) is 0 Å². The van der Waals surface area contributed by atoms with Crippen LogP contribution in [-0.4, -0.2) is 31.0 Å².